The Morgan fingerprint density at radius 3 is 2.18 bits per heavy atom. The van der Waals surface area contributed by atoms with Gasteiger partial charge in [0.2, 0.25) is 0 Å². The predicted octanol–water partition coefficient (Wildman–Crippen LogP) is 4.46. The standard InChI is InChI=1S/C8H10BrClS/c1-8(2,3)5-4-11-7(9)6(5)10/h4H,1-3H3. The summed E-state index contributed by atoms with van der Waals surface area (Å²) in [4.78, 5) is 0. The van der Waals surface area contributed by atoms with Gasteiger partial charge in [-0.1, -0.05) is 32.4 Å². The Morgan fingerprint density at radius 1 is 1.45 bits per heavy atom. The molecule has 0 radical (unpaired) electrons. The fourth-order valence-electron chi connectivity index (χ4n) is 0.826. The van der Waals surface area contributed by atoms with E-state index in [1.54, 1.807) is 11.3 Å². The van der Waals surface area contributed by atoms with Crippen LogP contribution in [-0.4, -0.2) is 0 Å². The first-order chi connectivity index (χ1) is 4.93. The SMILES string of the molecule is CC(C)(C)c1csc(Br)c1Cl. The van der Waals surface area contributed by atoms with Gasteiger partial charge in [-0.25, -0.2) is 0 Å². The maximum atomic E-state index is 6.06. The molecule has 0 spiro atoms. The van der Waals surface area contributed by atoms with E-state index < -0.39 is 0 Å². The molecule has 0 aliphatic rings. The van der Waals surface area contributed by atoms with Crippen LogP contribution in [0.5, 0.6) is 0 Å². The third kappa shape index (κ3) is 1.98. The summed E-state index contributed by atoms with van der Waals surface area (Å²) in [5.41, 5.74) is 1.37. The molecule has 0 saturated carbocycles. The Kier molecular flexibility index (Phi) is 2.67. The molecule has 0 aromatic carbocycles. The Hall–Kier alpha value is 0.470. The fourth-order valence-corrected chi connectivity index (χ4v) is 2.76. The Balaban J connectivity index is 3.15. The van der Waals surface area contributed by atoms with Crippen molar-refractivity contribution in [1.82, 2.24) is 0 Å². The van der Waals surface area contributed by atoms with Gasteiger partial charge in [-0.2, -0.15) is 0 Å². The summed E-state index contributed by atoms with van der Waals surface area (Å²) < 4.78 is 1.03. The number of thiophene rings is 1. The van der Waals surface area contributed by atoms with E-state index in [9.17, 15) is 0 Å². The van der Waals surface area contributed by atoms with E-state index in [0.29, 0.717) is 0 Å². The molecule has 0 bridgehead atoms. The van der Waals surface area contributed by atoms with Gasteiger partial charge in [0.25, 0.3) is 0 Å². The highest BCUT2D eigenvalue weighted by atomic mass is 79.9. The average Bonchev–Trinajstić information content (AvgIpc) is 2.11. The van der Waals surface area contributed by atoms with Crippen LogP contribution in [0.2, 0.25) is 5.02 Å². The van der Waals surface area contributed by atoms with Crippen molar-refractivity contribution in [2.45, 2.75) is 26.2 Å². The molecule has 1 aromatic rings. The molecule has 0 aliphatic heterocycles. The van der Waals surface area contributed by atoms with Crippen LogP contribution in [0.4, 0.5) is 0 Å². The van der Waals surface area contributed by atoms with E-state index in [2.05, 4.69) is 42.1 Å². The zero-order valence-electron chi connectivity index (χ0n) is 6.74. The summed E-state index contributed by atoms with van der Waals surface area (Å²) in [6.07, 6.45) is 0. The Bertz CT molecular complexity index is 260. The summed E-state index contributed by atoms with van der Waals surface area (Å²) in [6, 6.07) is 0. The molecule has 0 N–H and O–H groups in total. The van der Waals surface area contributed by atoms with Crippen molar-refractivity contribution in [3.63, 3.8) is 0 Å². The van der Waals surface area contributed by atoms with Crippen LogP contribution in [-0.2, 0) is 5.41 Å². The van der Waals surface area contributed by atoms with E-state index in [1.807, 2.05) is 0 Å². The van der Waals surface area contributed by atoms with Crippen LogP contribution in [0.3, 0.4) is 0 Å². The van der Waals surface area contributed by atoms with Crippen molar-refractivity contribution in [1.29, 1.82) is 0 Å². The van der Waals surface area contributed by atoms with E-state index in [0.717, 1.165) is 8.81 Å². The van der Waals surface area contributed by atoms with Crippen LogP contribution in [0.25, 0.3) is 0 Å². The molecule has 0 fully saturated rings. The Morgan fingerprint density at radius 2 is 2.00 bits per heavy atom. The second-order valence-electron chi connectivity index (χ2n) is 3.49. The lowest BCUT2D eigenvalue weighted by molar-refractivity contribution is 0.593. The van der Waals surface area contributed by atoms with Crippen LogP contribution in [0.15, 0.2) is 9.17 Å². The molecule has 1 rings (SSSR count). The Labute approximate surface area is 84.7 Å². The molecule has 0 amide bonds. The molecule has 0 aliphatic carbocycles. The van der Waals surface area contributed by atoms with Gasteiger partial charge < -0.3 is 0 Å². The van der Waals surface area contributed by atoms with Gasteiger partial charge in [-0.3, -0.25) is 0 Å². The number of hydrogen-bond donors (Lipinski definition) is 0. The van der Waals surface area contributed by atoms with E-state index in [4.69, 9.17) is 11.6 Å². The monoisotopic (exact) mass is 252 g/mol. The van der Waals surface area contributed by atoms with Gasteiger partial charge in [0.1, 0.15) is 0 Å². The second kappa shape index (κ2) is 3.08. The molecule has 62 valence electrons. The van der Waals surface area contributed by atoms with Gasteiger partial charge >= 0.3 is 0 Å². The molecule has 1 heterocycles. The first-order valence-electron chi connectivity index (χ1n) is 3.36. The molecule has 0 saturated heterocycles. The predicted molar refractivity (Wildman–Crippen MR) is 55.7 cm³/mol. The van der Waals surface area contributed by atoms with Crippen molar-refractivity contribution < 1.29 is 0 Å². The second-order valence-corrected chi connectivity index (χ2v) is 6.06. The minimum Gasteiger partial charge on any atom is -0.135 e. The van der Waals surface area contributed by atoms with Crippen molar-refractivity contribution >= 4 is 38.9 Å². The molecule has 0 atom stereocenters. The zero-order chi connectivity index (χ0) is 8.65. The van der Waals surface area contributed by atoms with Crippen molar-refractivity contribution in [3.05, 3.63) is 19.8 Å². The summed E-state index contributed by atoms with van der Waals surface area (Å²) in [5, 5.41) is 2.97. The molecule has 1 aromatic heterocycles. The lowest BCUT2D eigenvalue weighted by Gasteiger charge is -2.17. The van der Waals surface area contributed by atoms with E-state index in [-0.39, 0.29) is 5.41 Å². The maximum Gasteiger partial charge on any atom is 0.0887 e. The first kappa shape index (κ1) is 9.56. The molecule has 0 nitrogen and oxygen atoms in total. The topological polar surface area (TPSA) is 0 Å². The molecule has 0 unspecified atom stereocenters. The van der Waals surface area contributed by atoms with Gasteiger partial charge in [-0.05, 0) is 32.3 Å². The largest absolute Gasteiger partial charge is 0.135 e. The molecular formula is C8H10BrClS. The quantitative estimate of drug-likeness (QED) is 0.640. The number of rotatable bonds is 0. The highest BCUT2D eigenvalue weighted by Crippen LogP contribution is 2.39. The third-order valence-electron chi connectivity index (χ3n) is 1.50. The van der Waals surface area contributed by atoms with E-state index in [1.165, 1.54) is 5.56 Å². The summed E-state index contributed by atoms with van der Waals surface area (Å²) in [5.74, 6) is 0. The van der Waals surface area contributed by atoms with Gasteiger partial charge in [0, 0.05) is 0 Å². The van der Waals surface area contributed by atoms with Crippen LogP contribution in [0, 0.1) is 0 Å². The number of halogens is 2. The third-order valence-corrected chi connectivity index (χ3v) is 3.95. The van der Waals surface area contributed by atoms with Gasteiger partial charge in [0.05, 0.1) is 8.81 Å². The first-order valence-corrected chi connectivity index (χ1v) is 5.41. The number of hydrogen-bond acceptors (Lipinski definition) is 1. The van der Waals surface area contributed by atoms with Crippen LogP contribution in [0.1, 0.15) is 26.3 Å². The fraction of sp³-hybridized carbons (Fsp3) is 0.500. The van der Waals surface area contributed by atoms with Crippen molar-refractivity contribution in [2.24, 2.45) is 0 Å². The molecule has 11 heavy (non-hydrogen) atoms. The molecular weight excluding hydrogens is 244 g/mol. The summed E-state index contributed by atoms with van der Waals surface area (Å²) in [7, 11) is 0. The minimum atomic E-state index is 0.152. The van der Waals surface area contributed by atoms with Crippen LogP contribution < -0.4 is 0 Å². The minimum absolute atomic E-state index is 0.152. The van der Waals surface area contributed by atoms with Gasteiger partial charge in [-0.15, -0.1) is 11.3 Å². The zero-order valence-corrected chi connectivity index (χ0v) is 9.90. The highest BCUT2D eigenvalue weighted by Gasteiger charge is 2.19. The van der Waals surface area contributed by atoms with Crippen molar-refractivity contribution in [3.8, 4) is 0 Å². The van der Waals surface area contributed by atoms with E-state index >= 15 is 0 Å². The summed E-state index contributed by atoms with van der Waals surface area (Å²) in [6.45, 7) is 6.48. The average molecular weight is 254 g/mol. The normalized spacial score (nSPS) is 12.1. The van der Waals surface area contributed by atoms with Gasteiger partial charge in [0.15, 0.2) is 0 Å². The maximum absolute atomic E-state index is 6.06. The van der Waals surface area contributed by atoms with Crippen LogP contribution >= 0.6 is 38.9 Å². The lowest BCUT2D eigenvalue weighted by Crippen LogP contribution is -2.09. The lowest BCUT2D eigenvalue weighted by atomic mass is 9.89. The smallest absolute Gasteiger partial charge is 0.0887 e. The molecule has 3 heteroatoms. The highest BCUT2D eigenvalue weighted by molar-refractivity contribution is 9.11. The summed E-state index contributed by atoms with van der Waals surface area (Å²) >= 11 is 11.1. The van der Waals surface area contributed by atoms with Crippen molar-refractivity contribution in [2.75, 3.05) is 0 Å².